The maximum atomic E-state index is 10.5. The predicted octanol–water partition coefficient (Wildman–Crippen LogP) is 3.01. The fraction of sp³-hybridized carbons (Fsp3) is 0.455. The first-order chi connectivity index (χ1) is 13.4. The minimum absolute atomic E-state index is 0.297. The lowest BCUT2D eigenvalue weighted by molar-refractivity contribution is -0.0680. The summed E-state index contributed by atoms with van der Waals surface area (Å²) >= 11 is 0. The first-order valence-electron chi connectivity index (χ1n) is 9.78. The van der Waals surface area contributed by atoms with E-state index in [9.17, 15) is 10.2 Å². The highest BCUT2D eigenvalue weighted by Crippen LogP contribution is 2.46. The Bertz CT molecular complexity index is 879. The molecule has 2 heterocycles. The summed E-state index contributed by atoms with van der Waals surface area (Å²) in [7, 11) is 0. The molecule has 2 aromatic carbocycles. The van der Waals surface area contributed by atoms with Crippen LogP contribution >= 0.6 is 0 Å². The van der Waals surface area contributed by atoms with Gasteiger partial charge in [0.1, 0.15) is 5.75 Å². The molecule has 1 saturated heterocycles. The molecule has 28 heavy (non-hydrogen) atoms. The molecule has 2 unspecified atom stereocenters. The van der Waals surface area contributed by atoms with Crippen LogP contribution in [0, 0.1) is 6.92 Å². The van der Waals surface area contributed by atoms with Gasteiger partial charge in [0.2, 0.25) is 0 Å². The summed E-state index contributed by atoms with van der Waals surface area (Å²) in [6, 6.07) is 10.0. The molecule has 6 heteroatoms. The molecular formula is C22H28N2O4. The highest BCUT2D eigenvalue weighted by atomic mass is 16.5. The molecule has 0 amide bonds. The Morgan fingerprint density at radius 2 is 1.96 bits per heavy atom. The van der Waals surface area contributed by atoms with Crippen molar-refractivity contribution in [2.75, 3.05) is 30.9 Å². The average molecular weight is 384 g/mol. The van der Waals surface area contributed by atoms with E-state index < -0.39 is 11.8 Å². The van der Waals surface area contributed by atoms with E-state index in [0.717, 1.165) is 54.0 Å². The van der Waals surface area contributed by atoms with Gasteiger partial charge in [0.05, 0.1) is 12.3 Å². The van der Waals surface area contributed by atoms with E-state index in [4.69, 9.17) is 15.2 Å². The Hall–Kier alpha value is -2.28. The van der Waals surface area contributed by atoms with Gasteiger partial charge in [0.15, 0.2) is 11.8 Å². The van der Waals surface area contributed by atoms with Gasteiger partial charge in [-0.15, -0.1) is 0 Å². The van der Waals surface area contributed by atoms with E-state index in [0.29, 0.717) is 17.4 Å². The van der Waals surface area contributed by atoms with Crippen LogP contribution in [-0.4, -0.2) is 41.9 Å². The molecule has 4 rings (SSSR count). The number of aliphatic hydroxyl groups excluding tert-OH is 2. The Labute approximate surface area is 165 Å². The number of fused-ring (bicyclic) bond motifs is 1. The van der Waals surface area contributed by atoms with Crippen molar-refractivity contribution in [2.24, 2.45) is 0 Å². The van der Waals surface area contributed by atoms with Crippen molar-refractivity contribution in [3.8, 4) is 16.9 Å². The Kier molecular flexibility index (Phi) is 4.95. The normalized spacial score (nSPS) is 24.9. The van der Waals surface area contributed by atoms with E-state index in [1.54, 1.807) is 6.92 Å². The zero-order valence-electron chi connectivity index (χ0n) is 16.4. The third kappa shape index (κ3) is 3.32. The molecular weight excluding hydrogens is 356 g/mol. The van der Waals surface area contributed by atoms with Crippen molar-refractivity contribution in [1.29, 1.82) is 0 Å². The van der Waals surface area contributed by atoms with Crippen molar-refractivity contribution in [1.82, 2.24) is 0 Å². The second-order valence-electron chi connectivity index (χ2n) is 8.02. The lowest BCUT2D eigenvalue weighted by atomic mass is 9.86. The van der Waals surface area contributed by atoms with Gasteiger partial charge in [-0.25, -0.2) is 0 Å². The predicted molar refractivity (Wildman–Crippen MR) is 110 cm³/mol. The molecule has 0 aliphatic carbocycles. The molecule has 0 radical (unpaired) electrons. The Morgan fingerprint density at radius 3 is 2.68 bits per heavy atom. The Morgan fingerprint density at radius 1 is 1.21 bits per heavy atom. The van der Waals surface area contributed by atoms with E-state index in [-0.39, 0.29) is 6.61 Å². The second-order valence-corrected chi connectivity index (χ2v) is 8.02. The molecule has 150 valence electrons. The smallest absolute Gasteiger partial charge is 0.173 e. The van der Waals surface area contributed by atoms with Gasteiger partial charge >= 0.3 is 0 Å². The minimum atomic E-state index is -1.11. The van der Waals surface area contributed by atoms with E-state index in [2.05, 4.69) is 18.3 Å². The monoisotopic (exact) mass is 384 g/mol. The number of anilines is 2. The lowest BCUT2D eigenvalue weighted by Gasteiger charge is -2.41. The third-order valence-corrected chi connectivity index (χ3v) is 5.88. The lowest BCUT2D eigenvalue weighted by Crippen LogP contribution is -2.54. The standard InChI is InChI=1S/C22H28N2O4/c1-13-3-4-16(23)11-17(13)15-9-18(14-5-7-27-8-6-14)20-19(10-15)28-22(2,12-25)21(26)24-20/h3-4,9-11,14,21,24-26H,5-8,12,23H2,1-2H3. The van der Waals surface area contributed by atoms with Crippen LogP contribution in [0.4, 0.5) is 11.4 Å². The molecule has 5 N–H and O–H groups in total. The largest absolute Gasteiger partial charge is 0.478 e. The van der Waals surface area contributed by atoms with Crippen LogP contribution in [-0.2, 0) is 4.74 Å². The van der Waals surface area contributed by atoms with Crippen LogP contribution in [0.15, 0.2) is 30.3 Å². The third-order valence-electron chi connectivity index (χ3n) is 5.88. The summed E-state index contributed by atoms with van der Waals surface area (Å²) in [6.45, 7) is 4.90. The van der Waals surface area contributed by atoms with Gasteiger partial charge in [-0.3, -0.25) is 0 Å². The number of hydrogen-bond donors (Lipinski definition) is 4. The first-order valence-corrected chi connectivity index (χ1v) is 9.78. The molecule has 6 nitrogen and oxygen atoms in total. The summed E-state index contributed by atoms with van der Waals surface area (Å²) in [5.74, 6) is 0.952. The van der Waals surface area contributed by atoms with Crippen molar-refractivity contribution in [3.05, 3.63) is 41.5 Å². The van der Waals surface area contributed by atoms with Gasteiger partial charge < -0.3 is 30.7 Å². The average Bonchev–Trinajstić information content (AvgIpc) is 2.70. The Balaban J connectivity index is 1.87. The summed E-state index contributed by atoms with van der Waals surface area (Å²) < 4.78 is 11.7. The highest BCUT2D eigenvalue weighted by molar-refractivity contribution is 5.78. The van der Waals surface area contributed by atoms with Crippen molar-refractivity contribution < 1.29 is 19.7 Å². The number of ether oxygens (including phenoxy) is 2. The van der Waals surface area contributed by atoms with Crippen molar-refractivity contribution in [3.63, 3.8) is 0 Å². The molecule has 2 atom stereocenters. The first kappa shape index (κ1) is 19.1. The van der Waals surface area contributed by atoms with Gasteiger partial charge in [0, 0.05) is 18.9 Å². The molecule has 2 aliphatic heterocycles. The maximum Gasteiger partial charge on any atom is 0.173 e. The van der Waals surface area contributed by atoms with Crippen LogP contribution in [0.3, 0.4) is 0 Å². The van der Waals surface area contributed by atoms with Crippen LogP contribution in [0.5, 0.6) is 5.75 Å². The van der Waals surface area contributed by atoms with Gasteiger partial charge in [-0.2, -0.15) is 0 Å². The maximum absolute atomic E-state index is 10.5. The summed E-state index contributed by atoms with van der Waals surface area (Å²) in [5.41, 5.74) is 10.7. The number of rotatable bonds is 3. The molecule has 0 bridgehead atoms. The zero-order valence-corrected chi connectivity index (χ0v) is 16.4. The fourth-order valence-electron chi connectivity index (χ4n) is 4.02. The number of nitrogens with one attached hydrogen (secondary N) is 1. The SMILES string of the molecule is Cc1ccc(N)cc1-c1cc2c(c(C3CCOCC3)c1)NC(O)C(C)(CO)O2. The summed E-state index contributed by atoms with van der Waals surface area (Å²) in [5, 5.41) is 23.5. The molecule has 1 fully saturated rings. The summed E-state index contributed by atoms with van der Waals surface area (Å²) in [6.07, 6.45) is 0.838. The molecule has 0 saturated carbocycles. The second kappa shape index (κ2) is 7.28. The zero-order chi connectivity index (χ0) is 19.9. The molecule has 0 aromatic heterocycles. The number of aliphatic hydroxyl groups is 2. The molecule has 0 spiro atoms. The van der Waals surface area contributed by atoms with Crippen LogP contribution in [0.2, 0.25) is 0 Å². The van der Waals surface area contributed by atoms with Gasteiger partial charge in [-0.1, -0.05) is 6.07 Å². The van der Waals surface area contributed by atoms with Gasteiger partial charge in [-0.05, 0) is 79.1 Å². The number of nitrogen functional groups attached to an aromatic ring is 1. The van der Waals surface area contributed by atoms with Crippen LogP contribution in [0.25, 0.3) is 11.1 Å². The van der Waals surface area contributed by atoms with Crippen LogP contribution in [0.1, 0.15) is 36.8 Å². The fourth-order valence-corrected chi connectivity index (χ4v) is 4.02. The number of benzene rings is 2. The van der Waals surface area contributed by atoms with Crippen molar-refractivity contribution in [2.45, 2.75) is 44.4 Å². The van der Waals surface area contributed by atoms with E-state index in [1.165, 1.54) is 0 Å². The highest BCUT2D eigenvalue weighted by Gasteiger charge is 2.41. The topological polar surface area (TPSA) is 97.0 Å². The van der Waals surface area contributed by atoms with Crippen LogP contribution < -0.4 is 15.8 Å². The number of aryl methyl sites for hydroxylation is 1. The number of hydrogen-bond acceptors (Lipinski definition) is 6. The van der Waals surface area contributed by atoms with E-state index >= 15 is 0 Å². The van der Waals surface area contributed by atoms with E-state index in [1.807, 2.05) is 24.3 Å². The van der Waals surface area contributed by atoms with Gasteiger partial charge in [0.25, 0.3) is 0 Å². The molecule has 2 aromatic rings. The quantitative estimate of drug-likeness (QED) is 0.608. The summed E-state index contributed by atoms with van der Waals surface area (Å²) in [4.78, 5) is 0. The molecule has 2 aliphatic rings. The minimum Gasteiger partial charge on any atom is -0.478 e. The number of nitrogens with two attached hydrogens (primary N) is 1. The van der Waals surface area contributed by atoms with Crippen molar-refractivity contribution >= 4 is 11.4 Å².